The van der Waals surface area contributed by atoms with Crippen molar-refractivity contribution in [3.8, 4) is 0 Å². The zero-order valence-corrected chi connectivity index (χ0v) is 32.7. The van der Waals surface area contributed by atoms with Crippen LogP contribution < -0.4 is 0 Å². The molecule has 20 unspecified atom stereocenters. The van der Waals surface area contributed by atoms with Crippen LogP contribution in [0.3, 0.4) is 0 Å². The van der Waals surface area contributed by atoms with Crippen molar-refractivity contribution in [2.24, 2.45) is 118 Å². The lowest BCUT2D eigenvalue weighted by Gasteiger charge is -2.39. The van der Waals surface area contributed by atoms with Crippen LogP contribution in [0.1, 0.15) is 86.0 Å². The monoisotopic (exact) mass is 683 g/mol. The summed E-state index contributed by atoms with van der Waals surface area (Å²) in [7, 11) is 0. The van der Waals surface area contributed by atoms with Gasteiger partial charge in [-0.15, -0.1) is 6.58 Å². The van der Waals surface area contributed by atoms with Crippen molar-refractivity contribution >= 4 is 0 Å². The molecule has 274 valence electrons. The lowest BCUT2D eigenvalue weighted by molar-refractivity contribution is 0.118. The summed E-state index contributed by atoms with van der Waals surface area (Å²) in [6.07, 6.45) is 53.9. The Morgan fingerprint density at radius 3 is 1.65 bits per heavy atom. The van der Waals surface area contributed by atoms with E-state index in [-0.39, 0.29) is 0 Å². The Morgan fingerprint density at radius 1 is 0.471 bits per heavy atom. The molecule has 0 heteroatoms. The third-order valence-electron chi connectivity index (χ3n) is 17.0. The largest absolute Gasteiger partial charge is 0.103 e. The normalized spacial score (nSPS) is 51.2. The molecule has 8 rings (SSSR count). The average molecular weight is 683 g/mol. The summed E-state index contributed by atoms with van der Waals surface area (Å²) in [5, 5.41) is 0. The van der Waals surface area contributed by atoms with E-state index in [1.165, 1.54) is 51.4 Å². The van der Waals surface area contributed by atoms with Crippen LogP contribution in [-0.4, -0.2) is 0 Å². The summed E-state index contributed by atoms with van der Waals surface area (Å²) >= 11 is 0. The second-order valence-corrected chi connectivity index (χ2v) is 18.7. The summed E-state index contributed by atoms with van der Waals surface area (Å²) in [5.41, 5.74) is 0. The van der Waals surface area contributed by atoms with Gasteiger partial charge in [0.2, 0.25) is 0 Å². The minimum absolute atomic E-state index is 0.620. The molecule has 4 bridgehead atoms. The van der Waals surface area contributed by atoms with Gasteiger partial charge in [-0.05, 0) is 204 Å². The highest BCUT2D eigenvalue weighted by molar-refractivity contribution is 5.25. The van der Waals surface area contributed by atoms with Crippen molar-refractivity contribution in [2.75, 3.05) is 0 Å². The Morgan fingerprint density at radius 2 is 1.00 bits per heavy atom. The van der Waals surface area contributed by atoms with Crippen LogP contribution in [-0.2, 0) is 0 Å². The smallest absolute Gasteiger partial charge is 0.0133 e. The highest BCUT2D eigenvalue weighted by atomic mass is 14.7. The van der Waals surface area contributed by atoms with E-state index in [1.807, 2.05) is 0 Å². The topological polar surface area (TPSA) is 0 Å². The Bertz CT molecular complexity index is 1470. The predicted molar refractivity (Wildman–Crippen MR) is 218 cm³/mol. The van der Waals surface area contributed by atoms with E-state index in [1.54, 1.807) is 0 Å². The Balaban J connectivity index is 1.05. The van der Waals surface area contributed by atoms with Gasteiger partial charge in [0.25, 0.3) is 0 Å². The Kier molecular flexibility index (Phi) is 10.6. The molecule has 0 N–H and O–H groups in total. The third kappa shape index (κ3) is 6.00. The van der Waals surface area contributed by atoms with Crippen molar-refractivity contribution in [1.29, 1.82) is 0 Å². The van der Waals surface area contributed by atoms with E-state index in [0.29, 0.717) is 23.7 Å². The number of hydrogen-bond acceptors (Lipinski definition) is 0. The fourth-order valence-electron chi connectivity index (χ4n) is 15.7. The van der Waals surface area contributed by atoms with E-state index in [0.717, 1.165) is 94.7 Å². The molecule has 0 amide bonds. The Labute approximate surface area is 313 Å². The van der Waals surface area contributed by atoms with E-state index in [9.17, 15) is 0 Å². The minimum Gasteiger partial charge on any atom is -0.103 e. The first-order chi connectivity index (χ1) is 25.1. The summed E-state index contributed by atoms with van der Waals surface area (Å²) in [4.78, 5) is 0. The molecule has 0 aromatic rings. The summed E-state index contributed by atoms with van der Waals surface area (Å²) < 4.78 is 0. The highest BCUT2D eigenvalue weighted by Crippen LogP contribution is 2.70. The molecule has 0 aliphatic heterocycles. The molecule has 0 radical (unpaired) electrons. The van der Waals surface area contributed by atoms with Crippen LogP contribution >= 0.6 is 0 Å². The maximum Gasteiger partial charge on any atom is -0.0133 e. The molecule has 0 spiro atoms. The van der Waals surface area contributed by atoms with Gasteiger partial charge in [0.05, 0.1) is 0 Å². The molecule has 20 atom stereocenters. The van der Waals surface area contributed by atoms with Crippen LogP contribution in [0.15, 0.2) is 110 Å². The van der Waals surface area contributed by atoms with Gasteiger partial charge in [-0.2, -0.15) is 0 Å². The standard InChI is InChI=1S/C51H70/c1-7-13-19-39-32(12-6)27-33(38(39)17-10-4)23-24-35-29-37(51-47-31-46(50(35)51)42-21-15-22-43(42)47)26-25-36-28-34(16-9-3)48-44-30-45(49(36)48)41(20-14-8-2)40(44)18-11-5/h7-18,21,23-26,32-51H,6,19-20,22,27-31H2,1-5H3/b13-7?,14-8?,16-9?,17-10?,18-11?,24-23+,26-25+. The molecule has 7 fully saturated rings. The number of allylic oxidation sites excluding steroid dienone is 17. The van der Waals surface area contributed by atoms with Crippen molar-refractivity contribution in [1.82, 2.24) is 0 Å². The van der Waals surface area contributed by atoms with Crippen molar-refractivity contribution in [2.45, 2.75) is 86.0 Å². The highest BCUT2D eigenvalue weighted by Gasteiger charge is 2.64. The second-order valence-electron chi connectivity index (χ2n) is 18.7. The number of rotatable bonds is 12. The molecule has 8 aliphatic rings. The van der Waals surface area contributed by atoms with Gasteiger partial charge in [-0.1, -0.05) is 103 Å². The van der Waals surface area contributed by atoms with Gasteiger partial charge in [0.1, 0.15) is 0 Å². The first kappa shape index (κ1) is 35.7. The predicted octanol–water partition coefficient (Wildman–Crippen LogP) is 13.3. The van der Waals surface area contributed by atoms with Crippen LogP contribution in [0.25, 0.3) is 0 Å². The lowest BCUT2D eigenvalue weighted by atomic mass is 9.65. The van der Waals surface area contributed by atoms with Gasteiger partial charge < -0.3 is 0 Å². The molecular formula is C51H70. The second kappa shape index (κ2) is 15.2. The van der Waals surface area contributed by atoms with Gasteiger partial charge in [-0.25, -0.2) is 0 Å². The SMILES string of the molecule is C=CC1CC(/C=C/C2CC(/C=C/C3CC(C=CC)C4C5CC(C(CC=CC)C5C=CC)C34)C3C4CC(C5C=CCC54)C23)C(C=CC)C1CC=CC. The van der Waals surface area contributed by atoms with Gasteiger partial charge in [0.15, 0.2) is 0 Å². The summed E-state index contributed by atoms with van der Waals surface area (Å²) in [5.74, 6) is 16.3. The van der Waals surface area contributed by atoms with E-state index in [2.05, 4.69) is 144 Å². The number of fused-ring (bicyclic) bond motifs is 13. The average Bonchev–Trinajstić information content (AvgIpc) is 3.98. The zero-order valence-electron chi connectivity index (χ0n) is 32.7. The van der Waals surface area contributed by atoms with Gasteiger partial charge in [-0.3, -0.25) is 0 Å². The van der Waals surface area contributed by atoms with Crippen molar-refractivity contribution in [3.63, 3.8) is 0 Å². The first-order valence-corrected chi connectivity index (χ1v) is 21.8. The molecule has 51 heavy (non-hydrogen) atoms. The zero-order chi connectivity index (χ0) is 35.2. The van der Waals surface area contributed by atoms with Gasteiger partial charge >= 0.3 is 0 Å². The molecular weight excluding hydrogens is 613 g/mol. The van der Waals surface area contributed by atoms with Crippen LogP contribution in [0.2, 0.25) is 0 Å². The van der Waals surface area contributed by atoms with E-state index < -0.39 is 0 Å². The fraction of sp³-hybridized carbons (Fsp3) is 0.647. The number of hydrogen-bond donors (Lipinski definition) is 0. The molecule has 0 saturated heterocycles. The quantitative estimate of drug-likeness (QED) is 0.180. The molecule has 0 aromatic carbocycles. The van der Waals surface area contributed by atoms with Crippen LogP contribution in [0.5, 0.6) is 0 Å². The Hall–Kier alpha value is -2.34. The third-order valence-corrected chi connectivity index (χ3v) is 17.0. The van der Waals surface area contributed by atoms with E-state index in [4.69, 9.17) is 0 Å². The van der Waals surface area contributed by atoms with Crippen LogP contribution in [0.4, 0.5) is 0 Å². The molecule has 0 aromatic heterocycles. The van der Waals surface area contributed by atoms with Gasteiger partial charge in [0, 0.05) is 0 Å². The molecule has 0 nitrogen and oxygen atoms in total. The lowest BCUT2D eigenvalue weighted by Crippen LogP contribution is -2.35. The maximum absolute atomic E-state index is 4.31. The fourth-order valence-corrected chi connectivity index (χ4v) is 15.7. The minimum atomic E-state index is 0.620. The molecule has 7 saturated carbocycles. The summed E-state index contributed by atoms with van der Waals surface area (Å²) in [6.45, 7) is 15.4. The maximum atomic E-state index is 4.31. The first-order valence-electron chi connectivity index (χ1n) is 21.8. The van der Waals surface area contributed by atoms with Crippen LogP contribution in [0, 0.1) is 118 Å². The van der Waals surface area contributed by atoms with Crippen molar-refractivity contribution in [3.05, 3.63) is 110 Å². The summed E-state index contributed by atoms with van der Waals surface area (Å²) in [6, 6.07) is 0. The van der Waals surface area contributed by atoms with E-state index >= 15 is 0 Å². The molecule has 8 aliphatic carbocycles. The molecule has 0 heterocycles. The van der Waals surface area contributed by atoms with Crippen molar-refractivity contribution < 1.29 is 0 Å².